The van der Waals surface area contributed by atoms with Crippen molar-refractivity contribution < 1.29 is 33.6 Å². The number of hydrogen-bond donors (Lipinski definition) is 2. The van der Waals surface area contributed by atoms with Crippen molar-refractivity contribution in [3.63, 3.8) is 0 Å². The average Bonchev–Trinajstić information content (AvgIpc) is 2.67. The predicted octanol–water partition coefficient (Wildman–Crippen LogP) is 3.96. The molecule has 1 unspecified atom stereocenters. The van der Waals surface area contributed by atoms with Gasteiger partial charge in [0.25, 0.3) is 0 Å². The van der Waals surface area contributed by atoms with Gasteiger partial charge in [-0.1, -0.05) is 65.3 Å². The molecule has 30 heavy (non-hydrogen) atoms. The summed E-state index contributed by atoms with van der Waals surface area (Å²) in [6.07, 6.45) is -3.26. The van der Waals surface area contributed by atoms with Gasteiger partial charge in [-0.25, -0.2) is 9.59 Å². The fourth-order valence-electron chi connectivity index (χ4n) is 3.56. The van der Waals surface area contributed by atoms with E-state index in [1.165, 1.54) is 0 Å². The fraction of sp³-hybridized carbons (Fsp3) is 0.318. The lowest BCUT2D eigenvalue weighted by Crippen LogP contribution is -2.70. The molecule has 2 aromatic rings. The van der Waals surface area contributed by atoms with Crippen LogP contribution in [0.4, 0.5) is 9.59 Å². The van der Waals surface area contributed by atoms with E-state index in [4.69, 9.17) is 9.47 Å². The van der Waals surface area contributed by atoms with E-state index < -0.39 is 47.0 Å². The number of esters is 1. The number of hydrogen-bond acceptors (Lipinski definition) is 5. The highest BCUT2D eigenvalue weighted by Crippen LogP contribution is 2.44. The second kappa shape index (κ2) is 8.16. The summed E-state index contributed by atoms with van der Waals surface area (Å²) in [6.45, 7) is 4.42. The first-order chi connectivity index (χ1) is 14.1. The fourth-order valence-corrected chi connectivity index (χ4v) is 3.56. The minimum absolute atomic E-state index is 0.586. The summed E-state index contributed by atoms with van der Waals surface area (Å²) < 4.78 is 9.84. The Morgan fingerprint density at radius 2 is 1.57 bits per heavy atom. The van der Waals surface area contributed by atoms with Crippen molar-refractivity contribution in [2.45, 2.75) is 38.5 Å². The second-order valence-corrected chi connectivity index (χ2v) is 8.10. The first-order valence-electron chi connectivity index (χ1n) is 9.54. The highest BCUT2D eigenvalue weighted by molar-refractivity contribution is 5.76. The smallest absolute Gasteiger partial charge is 0.446 e. The number of nitrogens with one attached hydrogen (secondary N) is 1. The maximum atomic E-state index is 12.6. The predicted molar refractivity (Wildman–Crippen MR) is 107 cm³/mol. The molecule has 8 nitrogen and oxygen atoms in total. The molecule has 0 aliphatic carbocycles. The zero-order valence-electron chi connectivity index (χ0n) is 17.1. The third-order valence-electron chi connectivity index (χ3n) is 4.70. The van der Waals surface area contributed by atoms with Gasteiger partial charge in [-0.05, 0) is 26.3 Å². The van der Waals surface area contributed by atoms with E-state index >= 15 is 0 Å². The van der Waals surface area contributed by atoms with Crippen LogP contribution in [0.3, 0.4) is 0 Å². The Morgan fingerprint density at radius 1 is 1.03 bits per heavy atom. The number of carbonyl (C=O) groups excluding carboxylic acids is 2. The maximum Gasteiger partial charge on any atom is 0.540 e. The Morgan fingerprint density at radius 3 is 2.07 bits per heavy atom. The van der Waals surface area contributed by atoms with E-state index in [2.05, 4.69) is 5.43 Å². The molecule has 8 heteroatoms. The summed E-state index contributed by atoms with van der Waals surface area (Å²) in [5, 5.41) is 10.2. The number of morpholine rings is 1. The molecule has 0 saturated carbocycles. The molecule has 3 rings (SSSR count). The number of rotatable bonds is 2. The van der Waals surface area contributed by atoms with Crippen LogP contribution in [-0.4, -0.2) is 40.0 Å². The van der Waals surface area contributed by atoms with E-state index in [0.717, 1.165) is 0 Å². The molecule has 2 amide bonds. The van der Waals surface area contributed by atoms with Crippen LogP contribution in [0.25, 0.3) is 0 Å². The van der Waals surface area contributed by atoms with Crippen LogP contribution in [0.1, 0.15) is 44.0 Å². The molecule has 0 radical (unpaired) electrons. The molecule has 1 saturated heterocycles. The lowest BCUT2D eigenvalue weighted by Gasteiger charge is -2.44. The van der Waals surface area contributed by atoms with Crippen molar-refractivity contribution in [1.29, 1.82) is 0 Å². The third kappa shape index (κ3) is 4.44. The van der Waals surface area contributed by atoms with Gasteiger partial charge in [-0.15, -0.1) is 0 Å². The van der Waals surface area contributed by atoms with E-state index in [-0.39, 0.29) is 0 Å². The Labute approximate surface area is 174 Å². The number of quaternary nitrogens is 1. The number of benzene rings is 2. The molecule has 1 fully saturated rings. The van der Waals surface area contributed by atoms with Gasteiger partial charge in [0.15, 0.2) is 12.1 Å². The highest BCUT2D eigenvalue weighted by Gasteiger charge is 2.59. The van der Waals surface area contributed by atoms with Crippen LogP contribution in [-0.2, 0) is 14.3 Å². The van der Waals surface area contributed by atoms with E-state index in [1.54, 1.807) is 75.4 Å². The van der Waals surface area contributed by atoms with Gasteiger partial charge in [-0.2, -0.15) is 10.2 Å². The number of amides is 2. The molecule has 3 atom stereocenters. The van der Waals surface area contributed by atoms with Crippen LogP contribution < -0.4 is 5.43 Å². The van der Waals surface area contributed by atoms with Gasteiger partial charge in [-0.3, -0.25) is 0 Å². The van der Waals surface area contributed by atoms with Gasteiger partial charge < -0.3 is 14.6 Å². The Kier molecular flexibility index (Phi) is 5.80. The molecule has 0 bridgehead atoms. The number of cyclic esters (lactones) is 1. The molecule has 158 valence electrons. The Balaban J connectivity index is 2.14. The SMILES string of the molecule is CC(C)(C)OC(=O)N[N+]1(C(=O)O)CC(=O)O[C@@H](c2ccccc2)[C@H]1c1ccccc1. The van der Waals surface area contributed by atoms with E-state index in [9.17, 15) is 19.5 Å². The quantitative estimate of drug-likeness (QED) is 0.571. The van der Waals surface area contributed by atoms with Gasteiger partial charge in [0, 0.05) is 5.56 Å². The number of carbonyl (C=O) groups is 3. The van der Waals surface area contributed by atoms with Crippen LogP contribution >= 0.6 is 0 Å². The summed E-state index contributed by atoms with van der Waals surface area (Å²) in [5.74, 6) is -0.741. The van der Waals surface area contributed by atoms with Crippen molar-refractivity contribution in [2.24, 2.45) is 0 Å². The zero-order chi connectivity index (χ0) is 21.9. The summed E-state index contributed by atoms with van der Waals surface area (Å²) in [4.78, 5) is 37.7. The third-order valence-corrected chi connectivity index (χ3v) is 4.70. The van der Waals surface area contributed by atoms with Crippen molar-refractivity contribution in [2.75, 3.05) is 6.54 Å². The topological polar surface area (TPSA) is 102 Å². The minimum atomic E-state index is -1.40. The molecule has 0 aromatic heterocycles. The zero-order valence-corrected chi connectivity index (χ0v) is 17.1. The first kappa shape index (κ1) is 21.3. The Hall–Kier alpha value is -3.39. The van der Waals surface area contributed by atoms with Gasteiger partial charge >= 0.3 is 18.2 Å². The molecule has 2 aromatic carbocycles. The van der Waals surface area contributed by atoms with Gasteiger partial charge in [0.05, 0.1) is 0 Å². The average molecular weight is 413 g/mol. The summed E-state index contributed by atoms with van der Waals surface area (Å²) in [6, 6.07) is 16.7. The van der Waals surface area contributed by atoms with Crippen LogP contribution in [0.2, 0.25) is 0 Å². The summed E-state index contributed by atoms with van der Waals surface area (Å²) in [7, 11) is 0. The van der Waals surface area contributed by atoms with Crippen LogP contribution in [0.5, 0.6) is 0 Å². The van der Waals surface area contributed by atoms with Crippen molar-refractivity contribution in [3.05, 3.63) is 71.8 Å². The van der Waals surface area contributed by atoms with Crippen molar-refractivity contribution in [1.82, 2.24) is 5.43 Å². The van der Waals surface area contributed by atoms with Crippen molar-refractivity contribution in [3.8, 4) is 0 Å². The number of carboxylic acid groups (broad SMARTS) is 1. The largest absolute Gasteiger partial charge is 0.540 e. The highest BCUT2D eigenvalue weighted by atomic mass is 16.6. The van der Waals surface area contributed by atoms with Crippen molar-refractivity contribution >= 4 is 18.2 Å². The summed E-state index contributed by atoms with van der Waals surface area (Å²) >= 11 is 0. The lowest BCUT2D eigenvalue weighted by atomic mass is 9.92. The van der Waals surface area contributed by atoms with Crippen LogP contribution in [0, 0.1) is 0 Å². The van der Waals surface area contributed by atoms with E-state index in [0.29, 0.717) is 11.1 Å². The number of nitrogens with zero attached hydrogens (tertiary/aromatic N) is 1. The lowest BCUT2D eigenvalue weighted by molar-refractivity contribution is -0.925. The molecule has 2 N–H and O–H groups in total. The Bertz CT molecular complexity index is 926. The van der Waals surface area contributed by atoms with Crippen LogP contribution in [0.15, 0.2) is 60.7 Å². The number of ether oxygens (including phenoxy) is 2. The molecular formula is C22H25N2O6+. The summed E-state index contributed by atoms with van der Waals surface area (Å²) in [5.41, 5.74) is 2.81. The minimum Gasteiger partial charge on any atom is -0.446 e. The van der Waals surface area contributed by atoms with Gasteiger partial charge in [0.2, 0.25) is 6.54 Å². The molecule has 0 spiro atoms. The normalized spacial score (nSPS) is 23.9. The molecule has 1 heterocycles. The first-order valence-corrected chi connectivity index (χ1v) is 9.54. The maximum absolute atomic E-state index is 12.6. The standard InChI is InChI=1S/C22H24N2O6/c1-22(2,3)30-20(26)23-24(21(27)28)14-17(25)29-19(16-12-8-5-9-13-16)18(24)15-10-6-4-7-11-15/h4-13,18-19H,14H2,1-3H3,(H-,23,26,27,28)/p+1/t18-,19+,24?/m1/s1. The molecule has 1 aliphatic heterocycles. The molecular weight excluding hydrogens is 388 g/mol. The monoisotopic (exact) mass is 413 g/mol. The molecule has 1 aliphatic rings. The second-order valence-electron chi connectivity index (χ2n) is 8.10. The van der Waals surface area contributed by atoms with Gasteiger partial charge in [0.1, 0.15) is 5.60 Å². The van der Waals surface area contributed by atoms with E-state index in [1.807, 2.05) is 6.07 Å².